The van der Waals surface area contributed by atoms with Gasteiger partial charge in [-0.1, -0.05) is 6.92 Å². The zero-order valence-corrected chi connectivity index (χ0v) is 9.02. The Hall–Kier alpha value is -0.870. The summed E-state index contributed by atoms with van der Waals surface area (Å²) in [4.78, 5) is 10.4. The number of halogens is 3. The van der Waals surface area contributed by atoms with Gasteiger partial charge in [0, 0.05) is 0 Å². The maximum absolute atomic E-state index is 11.7. The monoisotopic (exact) mass is 264 g/mol. The molecule has 0 saturated heterocycles. The van der Waals surface area contributed by atoms with Gasteiger partial charge in [0.05, 0.1) is 0 Å². The molecule has 0 aromatic heterocycles. The molecule has 1 atom stereocenters. The van der Waals surface area contributed by atoms with Gasteiger partial charge in [-0.3, -0.25) is 4.79 Å². The Morgan fingerprint density at radius 1 is 1.44 bits per heavy atom. The van der Waals surface area contributed by atoms with Crippen molar-refractivity contribution in [1.82, 2.24) is 9.44 Å². The second kappa shape index (κ2) is 5.46. The Bertz CT molecular complexity index is 340. The summed E-state index contributed by atoms with van der Waals surface area (Å²) in [5, 5.41) is 8.49. The van der Waals surface area contributed by atoms with Crippen LogP contribution >= 0.6 is 0 Å². The summed E-state index contributed by atoms with van der Waals surface area (Å²) in [6.07, 6.45) is -4.78. The van der Waals surface area contributed by atoms with Crippen molar-refractivity contribution in [1.29, 1.82) is 0 Å². The van der Waals surface area contributed by atoms with Crippen LogP contribution in [-0.4, -0.2) is 38.3 Å². The first-order valence-electron chi connectivity index (χ1n) is 4.14. The zero-order valence-electron chi connectivity index (χ0n) is 8.21. The quantitative estimate of drug-likeness (QED) is 0.621. The molecule has 0 bridgehead atoms. The zero-order chi connectivity index (χ0) is 13.0. The van der Waals surface area contributed by atoms with Crippen LogP contribution in [0, 0.1) is 0 Å². The minimum Gasteiger partial charge on any atom is -0.480 e. The van der Waals surface area contributed by atoms with Crippen LogP contribution in [0.2, 0.25) is 0 Å². The van der Waals surface area contributed by atoms with E-state index in [0.717, 1.165) is 0 Å². The number of nitrogens with one attached hydrogen (secondary N) is 2. The molecule has 10 heteroatoms. The number of aliphatic carboxylic acids is 1. The second-order valence-electron chi connectivity index (χ2n) is 2.86. The number of alkyl halides is 3. The fourth-order valence-electron chi connectivity index (χ4n) is 0.714. The van der Waals surface area contributed by atoms with Crippen LogP contribution in [0.5, 0.6) is 0 Å². The highest BCUT2D eigenvalue weighted by atomic mass is 32.2. The Morgan fingerprint density at radius 3 is 2.25 bits per heavy atom. The molecule has 0 amide bonds. The van der Waals surface area contributed by atoms with Gasteiger partial charge in [-0.05, 0) is 6.42 Å². The Balaban J connectivity index is 4.41. The first kappa shape index (κ1) is 15.1. The smallest absolute Gasteiger partial charge is 0.402 e. The summed E-state index contributed by atoms with van der Waals surface area (Å²) in [5.41, 5.74) is 0. The molecule has 0 saturated carbocycles. The lowest BCUT2D eigenvalue weighted by Gasteiger charge is -2.14. The summed E-state index contributed by atoms with van der Waals surface area (Å²) < 4.78 is 59.8. The molecule has 16 heavy (non-hydrogen) atoms. The minimum atomic E-state index is -4.69. The van der Waals surface area contributed by atoms with Gasteiger partial charge in [0.1, 0.15) is 12.6 Å². The third-order valence-electron chi connectivity index (χ3n) is 1.47. The molecule has 0 rings (SSSR count). The van der Waals surface area contributed by atoms with Crippen molar-refractivity contribution < 1.29 is 31.5 Å². The van der Waals surface area contributed by atoms with Crippen LogP contribution in [0.4, 0.5) is 13.2 Å². The van der Waals surface area contributed by atoms with E-state index < -0.39 is 34.9 Å². The van der Waals surface area contributed by atoms with E-state index in [1.807, 2.05) is 0 Å². The van der Waals surface area contributed by atoms with E-state index >= 15 is 0 Å². The topological polar surface area (TPSA) is 95.5 Å². The number of carboxylic acid groups (broad SMARTS) is 1. The minimum absolute atomic E-state index is 0.0811. The van der Waals surface area contributed by atoms with Crippen molar-refractivity contribution in [2.24, 2.45) is 0 Å². The highest BCUT2D eigenvalue weighted by Gasteiger charge is 2.30. The molecule has 0 fully saturated rings. The molecule has 0 aliphatic rings. The Morgan fingerprint density at radius 2 is 1.94 bits per heavy atom. The highest BCUT2D eigenvalue weighted by molar-refractivity contribution is 7.87. The Kier molecular flexibility index (Phi) is 5.16. The van der Waals surface area contributed by atoms with Crippen molar-refractivity contribution in [3.05, 3.63) is 0 Å². The Labute approximate surface area is 90.0 Å². The van der Waals surface area contributed by atoms with Crippen LogP contribution < -0.4 is 9.44 Å². The summed E-state index contributed by atoms with van der Waals surface area (Å²) in [7, 11) is -4.47. The van der Waals surface area contributed by atoms with Gasteiger partial charge in [-0.25, -0.2) is 0 Å². The van der Waals surface area contributed by atoms with E-state index in [1.54, 1.807) is 4.72 Å². The van der Waals surface area contributed by atoms with Gasteiger partial charge in [0.15, 0.2) is 0 Å². The normalized spacial score (nSPS) is 14.8. The third-order valence-corrected chi connectivity index (χ3v) is 2.59. The van der Waals surface area contributed by atoms with Crippen molar-refractivity contribution >= 4 is 16.2 Å². The lowest BCUT2D eigenvalue weighted by atomic mass is 10.2. The van der Waals surface area contributed by atoms with E-state index in [4.69, 9.17) is 5.11 Å². The van der Waals surface area contributed by atoms with Gasteiger partial charge in [-0.2, -0.15) is 31.0 Å². The molecule has 0 aliphatic heterocycles. The molecule has 0 heterocycles. The van der Waals surface area contributed by atoms with Gasteiger partial charge in [0.25, 0.3) is 10.2 Å². The first-order chi connectivity index (χ1) is 7.07. The van der Waals surface area contributed by atoms with Crippen LogP contribution in [0.25, 0.3) is 0 Å². The van der Waals surface area contributed by atoms with Crippen molar-refractivity contribution in [2.45, 2.75) is 25.6 Å². The molecular weight excluding hydrogens is 253 g/mol. The van der Waals surface area contributed by atoms with E-state index in [-0.39, 0.29) is 6.42 Å². The molecule has 0 aliphatic carbocycles. The van der Waals surface area contributed by atoms with E-state index in [9.17, 15) is 26.4 Å². The van der Waals surface area contributed by atoms with Crippen LogP contribution in [-0.2, 0) is 15.0 Å². The van der Waals surface area contributed by atoms with Crippen molar-refractivity contribution in [2.75, 3.05) is 6.54 Å². The third kappa shape index (κ3) is 6.58. The van der Waals surface area contributed by atoms with E-state index in [2.05, 4.69) is 0 Å². The van der Waals surface area contributed by atoms with Gasteiger partial charge in [0.2, 0.25) is 0 Å². The standard InChI is InChI=1S/C6H11F3N2O4S/c1-2-4(5(12)13)11-16(14,15)10-3-6(7,8)9/h4,10-11H,2-3H2,1H3,(H,12,13). The van der Waals surface area contributed by atoms with E-state index in [1.165, 1.54) is 11.6 Å². The van der Waals surface area contributed by atoms with Gasteiger partial charge in [-0.15, -0.1) is 0 Å². The summed E-state index contributed by atoms with van der Waals surface area (Å²) in [6.45, 7) is -0.372. The van der Waals surface area contributed by atoms with E-state index in [0.29, 0.717) is 0 Å². The van der Waals surface area contributed by atoms with Crippen LogP contribution in [0.1, 0.15) is 13.3 Å². The largest absolute Gasteiger partial charge is 0.480 e. The van der Waals surface area contributed by atoms with Crippen LogP contribution in [0.15, 0.2) is 0 Å². The molecule has 0 aromatic carbocycles. The van der Waals surface area contributed by atoms with Crippen molar-refractivity contribution in [3.63, 3.8) is 0 Å². The predicted octanol–water partition coefficient (Wildman–Crippen LogP) is -0.164. The molecule has 3 N–H and O–H groups in total. The van der Waals surface area contributed by atoms with Gasteiger partial charge >= 0.3 is 12.1 Å². The molecular formula is C6H11F3N2O4S. The first-order valence-corrected chi connectivity index (χ1v) is 5.62. The molecule has 0 radical (unpaired) electrons. The molecule has 1 unspecified atom stereocenters. The summed E-state index contributed by atoms with van der Waals surface area (Å²) in [5.74, 6) is -1.46. The SMILES string of the molecule is CCC(NS(=O)(=O)NCC(F)(F)F)C(=O)O. The molecule has 6 nitrogen and oxygen atoms in total. The fraction of sp³-hybridized carbons (Fsp3) is 0.833. The number of carboxylic acids is 1. The molecule has 0 spiro atoms. The van der Waals surface area contributed by atoms with Crippen molar-refractivity contribution in [3.8, 4) is 0 Å². The predicted molar refractivity (Wildman–Crippen MR) is 47.8 cm³/mol. The summed E-state index contributed by atoms with van der Waals surface area (Å²) in [6, 6.07) is -1.45. The second-order valence-corrected chi connectivity index (χ2v) is 4.39. The van der Waals surface area contributed by atoms with Gasteiger partial charge < -0.3 is 5.11 Å². The maximum Gasteiger partial charge on any atom is 0.402 e. The molecule has 0 aromatic rings. The average Bonchev–Trinajstić information content (AvgIpc) is 2.10. The average molecular weight is 264 g/mol. The fourth-order valence-corrected chi connectivity index (χ4v) is 1.79. The number of rotatable bonds is 6. The summed E-state index contributed by atoms with van der Waals surface area (Å²) >= 11 is 0. The lowest BCUT2D eigenvalue weighted by molar-refractivity contribution is -0.139. The molecule has 96 valence electrons. The number of hydrogen-bond donors (Lipinski definition) is 3. The number of carbonyl (C=O) groups is 1. The lowest BCUT2D eigenvalue weighted by Crippen LogP contribution is -2.48. The highest BCUT2D eigenvalue weighted by Crippen LogP contribution is 2.12. The van der Waals surface area contributed by atoms with Crippen LogP contribution in [0.3, 0.4) is 0 Å². The maximum atomic E-state index is 11.7. The number of hydrogen-bond acceptors (Lipinski definition) is 3.